The number of benzene rings is 1. The number of hydrogen-bond acceptors (Lipinski definition) is 2. The van der Waals surface area contributed by atoms with Crippen LogP contribution < -0.4 is 0 Å². The van der Waals surface area contributed by atoms with Crippen LogP contribution in [0, 0.1) is 23.6 Å². The van der Waals surface area contributed by atoms with Crippen LogP contribution >= 0.6 is 0 Å². The Hall–Kier alpha value is -1.86. The molecule has 1 atom stereocenters. The van der Waals surface area contributed by atoms with Crippen LogP contribution in [0.1, 0.15) is 37.3 Å². The Balaban J connectivity index is 2.14. The van der Waals surface area contributed by atoms with Crippen molar-refractivity contribution in [1.29, 1.82) is 0 Å². The second-order valence-electron chi connectivity index (χ2n) is 5.39. The van der Waals surface area contributed by atoms with Gasteiger partial charge < -0.3 is 10.0 Å². The molecule has 2 rings (SSSR count). The van der Waals surface area contributed by atoms with Crippen LogP contribution in [0.15, 0.2) is 18.2 Å². The first kappa shape index (κ1) is 15.5. The third-order valence-corrected chi connectivity index (χ3v) is 3.73. The predicted molar refractivity (Wildman–Crippen MR) is 78.8 cm³/mol. The third kappa shape index (κ3) is 4.05. The molecule has 1 amide bonds. The van der Waals surface area contributed by atoms with Gasteiger partial charge in [0.05, 0.1) is 0 Å². The van der Waals surface area contributed by atoms with Gasteiger partial charge in [-0.1, -0.05) is 31.3 Å². The van der Waals surface area contributed by atoms with Gasteiger partial charge in [0, 0.05) is 25.1 Å². The lowest BCUT2D eigenvalue weighted by atomic mass is 10.0. The Morgan fingerprint density at radius 3 is 3.00 bits per heavy atom. The summed E-state index contributed by atoms with van der Waals surface area (Å²) in [5.41, 5.74) is 1.36. The normalized spacial score (nSPS) is 17.8. The van der Waals surface area contributed by atoms with Crippen molar-refractivity contribution < 1.29 is 14.3 Å². The molecule has 1 aromatic rings. The van der Waals surface area contributed by atoms with E-state index < -0.39 is 0 Å². The Labute approximate surface area is 124 Å². The minimum atomic E-state index is -0.363. The van der Waals surface area contributed by atoms with Gasteiger partial charge in [-0.3, -0.25) is 4.79 Å². The fraction of sp³-hybridized carbons (Fsp3) is 0.471. The fourth-order valence-corrected chi connectivity index (χ4v) is 2.75. The van der Waals surface area contributed by atoms with Crippen LogP contribution in [0.25, 0.3) is 0 Å². The largest absolute Gasteiger partial charge is 0.384 e. The summed E-state index contributed by atoms with van der Waals surface area (Å²) in [6.45, 7) is 3.07. The monoisotopic (exact) mass is 289 g/mol. The summed E-state index contributed by atoms with van der Waals surface area (Å²) < 4.78 is 13.3. The molecule has 1 heterocycles. The number of aliphatic hydroxyl groups excluding tert-OH is 1. The molecule has 0 aromatic heterocycles. The molecule has 1 aliphatic heterocycles. The van der Waals surface area contributed by atoms with Crippen LogP contribution in [-0.4, -0.2) is 29.1 Å². The smallest absolute Gasteiger partial charge is 0.223 e. The van der Waals surface area contributed by atoms with Gasteiger partial charge in [0.25, 0.3) is 0 Å². The number of amides is 1. The third-order valence-electron chi connectivity index (χ3n) is 3.73. The van der Waals surface area contributed by atoms with E-state index >= 15 is 0 Å². The van der Waals surface area contributed by atoms with E-state index in [0.717, 1.165) is 24.9 Å². The molecule has 0 aliphatic carbocycles. The molecule has 0 radical (unpaired) electrons. The maximum absolute atomic E-state index is 13.3. The number of likely N-dealkylation sites (tertiary alicyclic amines) is 1. The highest BCUT2D eigenvalue weighted by atomic mass is 19.1. The Morgan fingerprint density at radius 1 is 1.48 bits per heavy atom. The zero-order chi connectivity index (χ0) is 15.2. The van der Waals surface area contributed by atoms with Crippen molar-refractivity contribution in [2.24, 2.45) is 5.92 Å². The van der Waals surface area contributed by atoms with Gasteiger partial charge in [0.2, 0.25) is 5.91 Å². The number of carbonyl (C=O) groups is 1. The maximum atomic E-state index is 13.3. The summed E-state index contributed by atoms with van der Waals surface area (Å²) in [5, 5.41) is 8.78. The molecule has 4 heteroatoms. The first-order valence-corrected chi connectivity index (χ1v) is 7.30. The second-order valence-corrected chi connectivity index (χ2v) is 5.39. The Kier molecular flexibility index (Phi) is 5.35. The van der Waals surface area contributed by atoms with E-state index in [9.17, 15) is 9.18 Å². The number of carbonyl (C=O) groups excluding carboxylic acids is 1. The highest BCUT2D eigenvalue weighted by Crippen LogP contribution is 2.24. The second kappa shape index (κ2) is 7.24. The van der Waals surface area contributed by atoms with E-state index in [0.29, 0.717) is 24.4 Å². The van der Waals surface area contributed by atoms with E-state index in [2.05, 4.69) is 18.8 Å². The van der Waals surface area contributed by atoms with Gasteiger partial charge in [-0.25, -0.2) is 4.39 Å². The summed E-state index contributed by atoms with van der Waals surface area (Å²) in [4.78, 5) is 13.8. The zero-order valence-corrected chi connectivity index (χ0v) is 12.2. The highest BCUT2D eigenvalue weighted by Gasteiger charge is 2.29. The van der Waals surface area contributed by atoms with Crippen molar-refractivity contribution in [2.75, 3.05) is 13.2 Å². The van der Waals surface area contributed by atoms with E-state index in [1.54, 1.807) is 6.07 Å². The van der Waals surface area contributed by atoms with Crippen LogP contribution in [0.3, 0.4) is 0 Å². The molecule has 1 aliphatic rings. The standard InChI is InChI=1S/C17H20FNO2/c1-2-4-13-9-17(21)19(11-13)12-15-6-7-16(18)10-14(15)5-3-8-20/h6-7,10,13,20H,2,4,8-9,11-12H2,1H3. The molecular formula is C17H20FNO2. The average molecular weight is 289 g/mol. The van der Waals surface area contributed by atoms with E-state index in [1.807, 2.05) is 4.90 Å². The summed E-state index contributed by atoms with van der Waals surface area (Å²) in [6.07, 6.45) is 2.74. The predicted octanol–water partition coefficient (Wildman–Crippen LogP) is 2.32. The lowest BCUT2D eigenvalue weighted by Crippen LogP contribution is -2.25. The fourth-order valence-electron chi connectivity index (χ4n) is 2.75. The van der Waals surface area contributed by atoms with Crippen LogP contribution in [-0.2, 0) is 11.3 Å². The summed E-state index contributed by atoms with van der Waals surface area (Å²) in [7, 11) is 0. The van der Waals surface area contributed by atoms with Crippen molar-refractivity contribution in [3.8, 4) is 11.8 Å². The van der Waals surface area contributed by atoms with Gasteiger partial charge in [-0.2, -0.15) is 0 Å². The van der Waals surface area contributed by atoms with Gasteiger partial charge in [0.1, 0.15) is 12.4 Å². The quantitative estimate of drug-likeness (QED) is 0.864. The minimum absolute atomic E-state index is 0.152. The Bertz CT molecular complexity index is 574. The van der Waals surface area contributed by atoms with Crippen molar-refractivity contribution in [1.82, 2.24) is 4.90 Å². The number of nitrogens with zero attached hydrogens (tertiary/aromatic N) is 1. The number of aliphatic hydroxyl groups is 1. The van der Waals surface area contributed by atoms with Crippen molar-refractivity contribution in [3.05, 3.63) is 35.1 Å². The van der Waals surface area contributed by atoms with Crippen molar-refractivity contribution in [3.63, 3.8) is 0 Å². The molecule has 1 fully saturated rings. The van der Waals surface area contributed by atoms with Crippen molar-refractivity contribution >= 4 is 5.91 Å². The molecule has 1 unspecified atom stereocenters. The molecule has 112 valence electrons. The lowest BCUT2D eigenvalue weighted by Gasteiger charge is -2.17. The molecule has 3 nitrogen and oxygen atoms in total. The summed E-state index contributed by atoms with van der Waals surface area (Å²) >= 11 is 0. The molecule has 1 aromatic carbocycles. The van der Waals surface area contributed by atoms with E-state index in [1.165, 1.54) is 12.1 Å². The van der Waals surface area contributed by atoms with E-state index in [-0.39, 0.29) is 18.3 Å². The highest BCUT2D eigenvalue weighted by molar-refractivity contribution is 5.78. The van der Waals surface area contributed by atoms with Gasteiger partial charge in [-0.15, -0.1) is 0 Å². The minimum Gasteiger partial charge on any atom is -0.384 e. The van der Waals surface area contributed by atoms with Crippen LogP contribution in [0.5, 0.6) is 0 Å². The lowest BCUT2D eigenvalue weighted by molar-refractivity contribution is -0.128. The first-order chi connectivity index (χ1) is 10.1. The maximum Gasteiger partial charge on any atom is 0.223 e. The molecular weight excluding hydrogens is 269 g/mol. The van der Waals surface area contributed by atoms with Crippen LogP contribution in [0.4, 0.5) is 4.39 Å². The van der Waals surface area contributed by atoms with Crippen molar-refractivity contribution in [2.45, 2.75) is 32.7 Å². The van der Waals surface area contributed by atoms with Crippen LogP contribution in [0.2, 0.25) is 0 Å². The van der Waals surface area contributed by atoms with E-state index in [4.69, 9.17) is 5.11 Å². The molecule has 1 saturated heterocycles. The SMILES string of the molecule is CCCC1CC(=O)N(Cc2ccc(F)cc2C#CCO)C1. The van der Waals surface area contributed by atoms with Gasteiger partial charge in [-0.05, 0) is 30.0 Å². The molecule has 1 N–H and O–H groups in total. The summed E-state index contributed by atoms with van der Waals surface area (Å²) in [5.74, 6) is 5.50. The first-order valence-electron chi connectivity index (χ1n) is 7.30. The molecule has 0 saturated carbocycles. The van der Waals surface area contributed by atoms with Gasteiger partial charge in [0.15, 0.2) is 0 Å². The Morgan fingerprint density at radius 2 is 2.29 bits per heavy atom. The van der Waals surface area contributed by atoms with Gasteiger partial charge >= 0.3 is 0 Å². The molecule has 0 bridgehead atoms. The number of halogens is 1. The number of hydrogen-bond donors (Lipinski definition) is 1. The topological polar surface area (TPSA) is 40.5 Å². The number of rotatable bonds is 4. The summed E-state index contributed by atoms with van der Waals surface area (Å²) in [6, 6.07) is 4.39. The zero-order valence-electron chi connectivity index (χ0n) is 12.2. The molecule has 21 heavy (non-hydrogen) atoms. The molecule has 0 spiro atoms. The average Bonchev–Trinajstić information content (AvgIpc) is 2.79.